The second kappa shape index (κ2) is 7.38. The van der Waals surface area contributed by atoms with Crippen LogP contribution in [-0.2, 0) is 14.8 Å². The number of halogens is 1. The molecule has 0 atom stereocenters. The molecule has 0 saturated carbocycles. The molecule has 0 aromatic heterocycles. The molecule has 2 fully saturated rings. The number of hydrogen-bond donors (Lipinski definition) is 0. The summed E-state index contributed by atoms with van der Waals surface area (Å²) in [4.78, 5) is 16.2. The molecule has 0 spiro atoms. The Morgan fingerprint density at radius 3 is 2.17 bits per heavy atom. The third kappa shape index (κ3) is 3.58. The number of piperazine rings is 1. The normalized spacial score (nSPS) is 20.2. The van der Waals surface area contributed by atoms with Gasteiger partial charge >= 0.3 is 6.03 Å². The number of carbonyl (C=O) groups is 1. The first kappa shape index (κ1) is 17.7. The number of urea groups is 1. The molecular formula is C15H20BrN3O4S. The van der Waals surface area contributed by atoms with Crippen LogP contribution in [0.1, 0.15) is 0 Å². The molecule has 0 bridgehead atoms. The van der Waals surface area contributed by atoms with Gasteiger partial charge in [-0.3, -0.25) is 0 Å². The van der Waals surface area contributed by atoms with Crippen molar-refractivity contribution in [3.05, 3.63) is 28.7 Å². The number of amides is 2. The number of hydrogen-bond acceptors (Lipinski definition) is 4. The number of morpholine rings is 1. The lowest BCUT2D eigenvalue weighted by molar-refractivity contribution is 0.0405. The molecule has 2 aliphatic heterocycles. The van der Waals surface area contributed by atoms with E-state index in [-0.39, 0.29) is 10.9 Å². The van der Waals surface area contributed by atoms with Crippen LogP contribution in [0, 0.1) is 0 Å². The number of ether oxygens (including phenoxy) is 1. The minimum atomic E-state index is -3.55. The second-order valence-corrected chi connectivity index (χ2v) is 8.46. The molecule has 2 heterocycles. The van der Waals surface area contributed by atoms with Crippen molar-refractivity contribution in [1.29, 1.82) is 0 Å². The molecule has 1 aromatic carbocycles. The highest BCUT2D eigenvalue weighted by molar-refractivity contribution is 9.10. The maximum atomic E-state index is 12.8. The van der Waals surface area contributed by atoms with E-state index in [0.717, 1.165) is 0 Å². The number of nitrogens with zero attached hydrogens (tertiary/aromatic N) is 3. The topological polar surface area (TPSA) is 70.2 Å². The average molecular weight is 418 g/mol. The molecular weight excluding hydrogens is 398 g/mol. The molecule has 0 radical (unpaired) electrons. The predicted octanol–water partition coefficient (Wildman–Crippen LogP) is 1.21. The standard InChI is InChI=1S/C15H20BrN3O4S/c16-13-3-1-2-4-14(13)24(21,22)19-7-5-17(6-8-19)15(20)18-9-11-23-12-10-18/h1-4H,5-12H2. The van der Waals surface area contributed by atoms with Gasteiger partial charge in [0.05, 0.1) is 18.1 Å². The maximum Gasteiger partial charge on any atom is 0.320 e. The summed E-state index contributed by atoms with van der Waals surface area (Å²) in [6, 6.07) is 6.75. The zero-order chi connectivity index (χ0) is 17.2. The van der Waals surface area contributed by atoms with Crippen LogP contribution < -0.4 is 0 Å². The lowest BCUT2D eigenvalue weighted by Gasteiger charge is -2.38. The van der Waals surface area contributed by atoms with E-state index >= 15 is 0 Å². The molecule has 7 nitrogen and oxygen atoms in total. The van der Waals surface area contributed by atoms with E-state index in [1.165, 1.54) is 4.31 Å². The molecule has 0 N–H and O–H groups in total. The van der Waals surface area contributed by atoms with Gasteiger partial charge in [0.1, 0.15) is 0 Å². The fourth-order valence-corrected chi connectivity index (χ4v) is 5.25. The lowest BCUT2D eigenvalue weighted by atomic mass is 10.3. The SMILES string of the molecule is O=C(N1CCOCC1)N1CCN(S(=O)(=O)c2ccccc2Br)CC1. The first-order chi connectivity index (χ1) is 11.5. The smallest absolute Gasteiger partial charge is 0.320 e. The Kier molecular flexibility index (Phi) is 5.43. The summed E-state index contributed by atoms with van der Waals surface area (Å²) in [7, 11) is -3.55. The van der Waals surface area contributed by atoms with Crippen molar-refractivity contribution in [2.45, 2.75) is 4.90 Å². The van der Waals surface area contributed by atoms with Crippen molar-refractivity contribution in [2.75, 3.05) is 52.5 Å². The predicted molar refractivity (Wildman–Crippen MR) is 92.3 cm³/mol. The molecule has 2 saturated heterocycles. The Bertz CT molecular complexity index is 698. The number of benzene rings is 1. The lowest BCUT2D eigenvalue weighted by Crippen LogP contribution is -2.55. The van der Waals surface area contributed by atoms with Gasteiger partial charge in [-0.25, -0.2) is 13.2 Å². The van der Waals surface area contributed by atoms with E-state index in [0.29, 0.717) is 57.0 Å². The Morgan fingerprint density at radius 2 is 1.54 bits per heavy atom. The second-order valence-electron chi connectivity index (χ2n) is 5.70. The van der Waals surface area contributed by atoms with Crippen molar-refractivity contribution >= 4 is 32.0 Å². The minimum Gasteiger partial charge on any atom is -0.378 e. The van der Waals surface area contributed by atoms with Crippen molar-refractivity contribution < 1.29 is 17.9 Å². The first-order valence-electron chi connectivity index (χ1n) is 7.86. The van der Waals surface area contributed by atoms with Crippen LogP contribution in [0.5, 0.6) is 0 Å². The molecule has 9 heteroatoms. The van der Waals surface area contributed by atoms with Gasteiger partial charge in [-0.2, -0.15) is 4.31 Å². The van der Waals surface area contributed by atoms with Crippen LogP contribution in [0.3, 0.4) is 0 Å². The third-order valence-corrected chi connectivity index (χ3v) is 7.16. The van der Waals surface area contributed by atoms with E-state index in [9.17, 15) is 13.2 Å². The largest absolute Gasteiger partial charge is 0.378 e. The molecule has 132 valence electrons. The van der Waals surface area contributed by atoms with E-state index < -0.39 is 10.0 Å². The van der Waals surface area contributed by atoms with Crippen molar-refractivity contribution in [2.24, 2.45) is 0 Å². The zero-order valence-corrected chi connectivity index (χ0v) is 15.6. The summed E-state index contributed by atoms with van der Waals surface area (Å²) in [5.41, 5.74) is 0. The van der Waals surface area contributed by atoms with Crippen LogP contribution in [-0.4, -0.2) is 81.0 Å². The number of sulfonamides is 1. The summed E-state index contributed by atoms with van der Waals surface area (Å²) in [5.74, 6) is 0. The first-order valence-corrected chi connectivity index (χ1v) is 10.1. The molecule has 24 heavy (non-hydrogen) atoms. The molecule has 2 amide bonds. The monoisotopic (exact) mass is 417 g/mol. The fourth-order valence-electron chi connectivity index (χ4n) is 2.87. The Morgan fingerprint density at radius 1 is 0.958 bits per heavy atom. The van der Waals surface area contributed by atoms with Crippen molar-refractivity contribution in [3.63, 3.8) is 0 Å². The number of carbonyl (C=O) groups excluding carboxylic acids is 1. The average Bonchev–Trinajstić information content (AvgIpc) is 2.62. The van der Waals surface area contributed by atoms with E-state index in [2.05, 4.69) is 15.9 Å². The van der Waals surface area contributed by atoms with Crippen LogP contribution in [0.4, 0.5) is 4.79 Å². The molecule has 3 rings (SSSR count). The van der Waals surface area contributed by atoms with E-state index in [4.69, 9.17) is 4.74 Å². The molecule has 0 aliphatic carbocycles. The van der Waals surface area contributed by atoms with Gasteiger partial charge in [0.2, 0.25) is 10.0 Å². The van der Waals surface area contributed by atoms with Gasteiger partial charge in [0.15, 0.2) is 0 Å². The maximum absolute atomic E-state index is 12.8. The van der Waals surface area contributed by atoms with E-state index in [1.807, 2.05) is 0 Å². The Labute approximate surface area is 150 Å². The summed E-state index contributed by atoms with van der Waals surface area (Å²) in [6.45, 7) is 3.71. The summed E-state index contributed by atoms with van der Waals surface area (Å²) in [5, 5.41) is 0. The number of rotatable bonds is 2. The van der Waals surface area contributed by atoms with Gasteiger partial charge in [-0.1, -0.05) is 12.1 Å². The molecule has 0 unspecified atom stereocenters. The highest BCUT2D eigenvalue weighted by atomic mass is 79.9. The quantitative estimate of drug-likeness (QED) is 0.724. The fraction of sp³-hybridized carbons (Fsp3) is 0.533. The van der Waals surface area contributed by atoms with Gasteiger partial charge in [0.25, 0.3) is 0 Å². The summed E-state index contributed by atoms with van der Waals surface area (Å²) in [6.07, 6.45) is 0. The molecule has 2 aliphatic rings. The Hall–Kier alpha value is -1.16. The summed E-state index contributed by atoms with van der Waals surface area (Å²) >= 11 is 3.30. The highest BCUT2D eigenvalue weighted by Crippen LogP contribution is 2.25. The highest BCUT2D eigenvalue weighted by Gasteiger charge is 2.32. The minimum absolute atomic E-state index is 0.0313. The third-order valence-electron chi connectivity index (χ3n) is 4.25. The van der Waals surface area contributed by atoms with Gasteiger partial charge in [-0.15, -0.1) is 0 Å². The van der Waals surface area contributed by atoms with Gasteiger partial charge < -0.3 is 14.5 Å². The van der Waals surface area contributed by atoms with Crippen molar-refractivity contribution in [1.82, 2.24) is 14.1 Å². The van der Waals surface area contributed by atoms with E-state index in [1.54, 1.807) is 34.1 Å². The van der Waals surface area contributed by atoms with Gasteiger partial charge in [-0.05, 0) is 28.1 Å². The Balaban J connectivity index is 1.64. The summed E-state index contributed by atoms with van der Waals surface area (Å²) < 4.78 is 32.8. The van der Waals surface area contributed by atoms with Crippen LogP contribution in [0.25, 0.3) is 0 Å². The molecule has 1 aromatic rings. The zero-order valence-electron chi connectivity index (χ0n) is 13.2. The van der Waals surface area contributed by atoms with Gasteiger partial charge in [0, 0.05) is 43.7 Å². The van der Waals surface area contributed by atoms with Crippen LogP contribution in [0.15, 0.2) is 33.6 Å². The van der Waals surface area contributed by atoms with Crippen LogP contribution in [0.2, 0.25) is 0 Å². The van der Waals surface area contributed by atoms with Crippen molar-refractivity contribution in [3.8, 4) is 0 Å². The van der Waals surface area contributed by atoms with Crippen LogP contribution >= 0.6 is 15.9 Å².